The molecule has 1 N–H and O–H groups in total. The summed E-state index contributed by atoms with van der Waals surface area (Å²) in [6, 6.07) is 11.3. The van der Waals surface area contributed by atoms with Gasteiger partial charge in [-0.2, -0.15) is 0 Å². The molecule has 1 atom stereocenters. The van der Waals surface area contributed by atoms with Crippen molar-refractivity contribution in [3.8, 4) is 17.2 Å². The lowest BCUT2D eigenvalue weighted by atomic mass is 10.1. The van der Waals surface area contributed by atoms with Crippen LogP contribution in [-0.2, 0) is 6.42 Å². The van der Waals surface area contributed by atoms with E-state index in [4.69, 9.17) is 14.2 Å². The molecule has 0 spiro atoms. The van der Waals surface area contributed by atoms with Crippen LogP contribution < -0.4 is 24.4 Å². The Morgan fingerprint density at radius 3 is 2.32 bits per heavy atom. The van der Waals surface area contributed by atoms with Gasteiger partial charge in [0, 0.05) is 23.9 Å². The second kappa shape index (κ2) is 6.93. The topological polar surface area (TPSA) is 60.0 Å². The first-order chi connectivity index (χ1) is 12.1. The molecule has 0 saturated heterocycles. The quantitative estimate of drug-likeness (QED) is 0.920. The van der Waals surface area contributed by atoms with E-state index in [-0.39, 0.29) is 12.1 Å². The molecule has 6 heteroatoms. The van der Waals surface area contributed by atoms with E-state index in [1.807, 2.05) is 25.1 Å². The van der Waals surface area contributed by atoms with E-state index in [1.165, 1.54) is 5.56 Å². The number of hydrogen-bond donors (Lipinski definition) is 1. The minimum Gasteiger partial charge on any atom is -0.493 e. The third-order valence-electron chi connectivity index (χ3n) is 4.34. The van der Waals surface area contributed by atoms with Gasteiger partial charge in [-0.1, -0.05) is 18.2 Å². The molecule has 0 aliphatic carbocycles. The number of amides is 2. The van der Waals surface area contributed by atoms with Crippen LogP contribution in [0.15, 0.2) is 36.4 Å². The SMILES string of the molecule is COc1cc(NC(=O)N2c3ccccc3CC2C)cc(OC)c1OC. The van der Waals surface area contributed by atoms with Gasteiger partial charge in [-0.25, -0.2) is 4.79 Å². The van der Waals surface area contributed by atoms with Crippen molar-refractivity contribution in [1.82, 2.24) is 0 Å². The van der Waals surface area contributed by atoms with Crippen molar-refractivity contribution in [2.24, 2.45) is 0 Å². The van der Waals surface area contributed by atoms with Crippen molar-refractivity contribution in [1.29, 1.82) is 0 Å². The lowest BCUT2D eigenvalue weighted by molar-refractivity contribution is 0.255. The molecule has 0 bridgehead atoms. The summed E-state index contributed by atoms with van der Waals surface area (Å²) in [5.74, 6) is 1.47. The third kappa shape index (κ3) is 3.07. The summed E-state index contributed by atoms with van der Waals surface area (Å²) in [6.07, 6.45) is 0.846. The number of benzene rings is 2. The Hall–Kier alpha value is -2.89. The molecule has 2 aromatic carbocycles. The number of nitrogens with zero attached hydrogens (tertiary/aromatic N) is 1. The zero-order valence-corrected chi connectivity index (χ0v) is 14.8. The smallest absolute Gasteiger partial charge is 0.326 e. The number of urea groups is 1. The second-order valence-electron chi connectivity index (χ2n) is 5.90. The average Bonchev–Trinajstić information content (AvgIpc) is 2.96. The van der Waals surface area contributed by atoms with Gasteiger partial charge >= 0.3 is 6.03 Å². The van der Waals surface area contributed by atoms with E-state index in [2.05, 4.69) is 11.4 Å². The van der Waals surface area contributed by atoms with Crippen LogP contribution in [0.3, 0.4) is 0 Å². The van der Waals surface area contributed by atoms with E-state index in [1.54, 1.807) is 38.4 Å². The number of rotatable bonds is 4. The molecule has 0 radical (unpaired) electrons. The van der Waals surface area contributed by atoms with Crippen LogP contribution >= 0.6 is 0 Å². The van der Waals surface area contributed by atoms with Gasteiger partial charge in [0.15, 0.2) is 11.5 Å². The highest BCUT2D eigenvalue weighted by molar-refractivity contribution is 6.04. The molecular formula is C19H22N2O4. The Bertz CT molecular complexity index is 766. The molecule has 25 heavy (non-hydrogen) atoms. The van der Waals surface area contributed by atoms with Crippen molar-refractivity contribution in [2.45, 2.75) is 19.4 Å². The monoisotopic (exact) mass is 342 g/mol. The molecular weight excluding hydrogens is 320 g/mol. The van der Waals surface area contributed by atoms with Gasteiger partial charge in [-0.05, 0) is 25.0 Å². The third-order valence-corrected chi connectivity index (χ3v) is 4.34. The number of carbonyl (C=O) groups is 1. The molecule has 0 saturated carbocycles. The van der Waals surface area contributed by atoms with Gasteiger partial charge < -0.3 is 19.5 Å². The number of fused-ring (bicyclic) bond motifs is 1. The zero-order chi connectivity index (χ0) is 18.0. The summed E-state index contributed by atoms with van der Waals surface area (Å²) >= 11 is 0. The second-order valence-corrected chi connectivity index (χ2v) is 5.90. The largest absolute Gasteiger partial charge is 0.493 e. The minimum absolute atomic E-state index is 0.0967. The molecule has 1 aliphatic rings. The predicted octanol–water partition coefficient (Wildman–Crippen LogP) is 3.70. The molecule has 6 nitrogen and oxygen atoms in total. The first-order valence-electron chi connectivity index (χ1n) is 8.07. The van der Waals surface area contributed by atoms with E-state index in [9.17, 15) is 4.79 Å². The van der Waals surface area contributed by atoms with Crippen LogP contribution in [0.4, 0.5) is 16.2 Å². The molecule has 132 valence electrons. The van der Waals surface area contributed by atoms with E-state index >= 15 is 0 Å². The van der Waals surface area contributed by atoms with Crippen LogP contribution in [0.2, 0.25) is 0 Å². The van der Waals surface area contributed by atoms with Crippen LogP contribution in [0.5, 0.6) is 17.2 Å². The van der Waals surface area contributed by atoms with E-state index < -0.39 is 0 Å². The standard InChI is InChI=1S/C19H22N2O4/c1-12-9-13-7-5-6-8-15(13)21(12)19(22)20-14-10-16(23-2)18(25-4)17(11-14)24-3/h5-8,10-12H,9H2,1-4H3,(H,20,22). The minimum atomic E-state index is -0.188. The number of hydrogen-bond acceptors (Lipinski definition) is 4. The summed E-state index contributed by atoms with van der Waals surface area (Å²) in [6.45, 7) is 2.04. The van der Waals surface area contributed by atoms with Gasteiger partial charge in [0.1, 0.15) is 0 Å². The van der Waals surface area contributed by atoms with Crippen LogP contribution in [0.25, 0.3) is 0 Å². The number of carbonyl (C=O) groups excluding carboxylic acids is 1. The summed E-state index contributed by atoms with van der Waals surface area (Å²) in [5, 5.41) is 2.93. The molecule has 1 unspecified atom stereocenters. The highest BCUT2D eigenvalue weighted by atomic mass is 16.5. The van der Waals surface area contributed by atoms with E-state index in [0.717, 1.165) is 12.1 Å². The number of methoxy groups -OCH3 is 3. The van der Waals surface area contributed by atoms with Crippen molar-refractivity contribution in [3.05, 3.63) is 42.0 Å². The Labute approximate surface area is 147 Å². The maximum absolute atomic E-state index is 12.8. The summed E-state index contributed by atoms with van der Waals surface area (Å²) in [4.78, 5) is 14.6. The van der Waals surface area contributed by atoms with Crippen LogP contribution in [0.1, 0.15) is 12.5 Å². The van der Waals surface area contributed by atoms with Gasteiger partial charge in [-0.15, -0.1) is 0 Å². The molecule has 3 rings (SSSR count). The normalized spacial score (nSPS) is 15.5. The zero-order valence-electron chi connectivity index (χ0n) is 14.8. The van der Waals surface area contributed by atoms with Crippen molar-refractivity contribution >= 4 is 17.4 Å². The summed E-state index contributed by atoms with van der Waals surface area (Å²) in [7, 11) is 4.63. The number of nitrogens with one attached hydrogen (secondary N) is 1. The fourth-order valence-electron chi connectivity index (χ4n) is 3.21. The molecule has 2 amide bonds. The van der Waals surface area contributed by atoms with Gasteiger partial charge in [0.25, 0.3) is 0 Å². The fraction of sp³-hybridized carbons (Fsp3) is 0.316. The molecule has 2 aromatic rings. The predicted molar refractivity (Wildman–Crippen MR) is 97.2 cm³/mol. The Morgan fingerprint density at radius 2 is 1.72 bits per heavy atom. The highest BCUT2D eigenvalue weighted by Crippen LogP contribution is 2.40. The fourth-order valence-corrected chi connectivity index (χ4v) is 3.21. The average molecular weight is 342 g/mol. The maximum atomic E-state index is 12.8. The molecule has 1 heterocycles. The maximum Gasteiger partial charge on any atom is 0.326 e. The van der Waals surface area contributed by atoms with E-state index in [0.29, 0.717) is 22.9 Å². The van der Waals surface area contributed by atoms with Gasteiger partial charge in [-0.3, -0.25) is 4.90 Å². The number of ether oxygens (including phenoxy) is 3. The van der Waals surface area contributed by atoms with Crippen molar-refractivity contribution in [2.75, 3.05) is 31.5 Å². The molecule has 0 aromatic heterocycles. The lowest BCUT2D eigenvalue weighted by Gasteiger charge is -2.23. The number of para-hydroxylation sites is 1. The summed E-state index contributed by atoms with van der Waals surface area (Å²) < 4.78 is 16.0. The number of anilines is 2. The summed E-state index contributed by atoms with van der Waals surface area (Å²) in [5.41, 5.74) is 2.70. The van der Waals surface area contributed by atoms with Crippen molar-refractivity contribution in [3.63, 3.8) is 0 Å². The Morgan fingerprint density at radius 1 is 1.08 bits per heavy atom. The van der Waals surface area contributed by atoms with Crippen LogP contribution in [-0.4, -0.2) is 33.4 Å². The Balaban J connectivity index is 1.89. The van der Waals surface area contributed by atoms with Crippen LogP contribution in [0, 0.1) is 0 Å². The first kappa shape index (κ1) is 17.0. The van der Waals surface area contributed by atoms with Gasteiger partial charge in [0.05, 0.1) is 27.0 Å². The molecule has 0 fully saturated rings. The van der Waals surface area contributed by atoms with Gasteiger partial charge in [0.2, 0.25) is 5.75 Å². The highest BCUT2D eigenvalue weighted by Gasteiger charge is 2.30. The first-order valence-corrected chi connectivity index (χ1v) is 8.07. The Kier molecular flexibility index (Phi) is 4.70. The lowest BCUT2D eigenvalue weighted by Crippen LogP contribution is -2.39. The molecule has 1 aliphatic heterocycles. The van der Waals surface area contributed by atoms with Crippen molar-refractivity contribution < 1.29 is 19.0 Å².